The van der Waals surface area contributed by atoms with E-state index in [2.05, 4.69) is 29.4 Å². The van der Waals surface area contributed by atoms with Gasteiger partial charge in [0.15, 0.2) is 17.5 Å². The molecule has 3 N–H and O–H groups in total. The number of nitrogens with two attached hydrogens (primary N) is 1. The Morgan fingerprint density at radius 3 is 2.54 bits per heavy atom. The van der Waals surface area contributed by atoms with E-state index in [9.17, 15) is 0 Å². The van der Waals surface area contributed by atoms with Crippen molar-refractivity contribution in [2.75, 3.05) is 19.5 Å². The van der Waals surface area contributed by atoms with Gasteiger partial charge in [-0.15, -0.1) is 24.0 Å². The summed E-state index contributed by atoms with van der Waals surface area (Å²) in [4.78, 5) is 4.38. The minimum atomic E-state index is 0. The Hall–Kier alpha value is -1.96. The van der Waals surface area contributed by atoms with Crippen LogP contribution in [0.5, 0.6) is 11.5 Å². The van der Waals surface area contributed by atoms with Crippen LogP contribution in [0.1, 0.15) is 18.1 Å². The molecule has 6 heteroatoms. The summed E-state index contributed by atoms with van der Waals surface area (Å²) in [6, 6.07) is 13.8. The summed E-state index contributed by atoms with van der Waals surface area (Å²) in [6.07, 6.45) is 0.980. The second-order valence-corrected chi connectivity index (χ2v) is 5.03. The van der Waals surface area contributed by atoms with Gasteiger partial charge in [-0.1, -0.05) is 31.2 Å². The number of aryl methyl sites for hydroxylation is 1. The molecule has 0 aliphatic heterocycles. The standard InChI is InChI=1S/C18H23N3O2.HI/c1-4-13-7-5-9-15(11-13)21-18(19)20-12-14-8-6-10-16(22-2)17(14)23-3;/h5-11H,4,12H2,1-3H3,(H3,19,20,21);1H. The summed E-state index contributed by atoms with van der Waals surface area (Å²) in [5, 5.41) is 3.11. The lowest BCUT2D eigenvalue weighted by Crippen LogP contribution is -2.22. The highest BCUT2D eigenvalue weighted by atomic mass is 127. The number of aliphatic imine (C=N–C) groups is 1. The molecule has 0 aliphatic carbocycles. The van der Waals surface area contributed by atoms with Crippen molar-refractivity contribution in [2.45, 2.75) is 19.9 Å². The van der Waals surface area contributed by atoms with Gasteiger partial charge in [-0.05, 0) is 30.2 Å². The van der Waals surface area contributed by atoms with E-state index < -0.39 is 0 Å². The number of methoxy groups -OCH3 is 2. The fourth-order valence-electron chi connectivity index (χ4n) is 2.30. The largest absolute Gasteiger partial charge is 0.493 e. The average Bonchev–Trinajstić information content (AvgIpc) is 2.59. The molecule has 0 fully saturated rings. The highest BCUT2D eigenvalue weighted by Gasteiger charge is 2.08. The van der Waals surface area contributed by atoms with Crippen LogP contribution in [0.3, 0.4) is 0 Å². The molecule has 2 aromatic carbocycles. The summed E-state index contributed by atoms with van der Waals surface area (Å²) >= 11 is 0. The number of anilines is 1. The molecule has 0 amide bonds. The number of hydrogen-bond acceptors (Lipinski definition) is 3. The Balaban J connectivity index is 0.00000288. The molecule has 5 nitrogen and oxygen atoms in total. The molecule has 24 heavy (non-hydrogen) atoms. The lowest BCUT2D eigenvalue weighted by molar-refractivity contribution is 0.352. The minimum Gasteiger partial charge on any atom is -0.493 e. The smallest absolute Gasteiger partial charge is 0.193 e. The first-order chi connectivity index (χ1) is 11.2. The number of nitrogens with one attached hydrogen (secondary N) is 1. The predicted octanol–water partition coefficient (Wildman–Crippen LogP) is 3.81. The van der Waals surface area contributed by atoms with Crippen LogP contribution in [0.4, 0.5) is 5.69 Å². The highest BCUT2D eigenvalue weighted by molar-refractivity contribution is 14.0. The summed E-state index contributed by atoms with van der Waals surface area (Å²) in [6.45, 7) is 2.53. The van der Waals surface area contributed by atoms with Crippen LogP contribution in [0.25, 0.3) is 0 Å². The van der Waals surface area contributed by atoms with Crippen LogP contribution >= 0.6 is 24.0 Å². The first-order valence-corrected chi connectivity index (χ1v) is 7.53. The lowest BCUT2D eigenvalue weighted by Gasteiger charge is -2.11. The SMILES string of the molecule is CCc1cccc(NC(N)=NCc2cccc(OC)c2OC)c1.I. The molecule has 2 aromatic rings. The van der Waals surface area contributed by atoms with Gasteiger partial charge in [0, 0.05) is 11.3 Å². The fourth-order valence-corrected chi connectivity index (χ4v) is 2.30. The molecule has 130 valence electrons. The van der Waals surface area contributed by atoms with Crippen molar-refractivity contribution in [3.8, 4) is 11.5 Å². The Morgan fingerprint density at radius 1 is 1.12 bits per heavy atom. The van der Waals surface area contributed by atoms with Crippen molar-refractivity contribution in [1.29, 1.82) is 0 Å². The molecule has 2 rings (SSSR count). The van der Waals surface area contributed by atoms with Crippen LogP contribution in [0, 0.1) is 0 Å². The van der Waals surface area contributed by atoms with Crippen molar-refractivity contribution in [1.82, 2.24) is 0 Å². The van der Waals surface area contributed by atoms with E-state index in [1.165, 1.54) is 5.56 Å². The maximum Gasteiger partial charge on any atom is 0.193 e. The van der Waals surface area contributed by atoms with Crippen molar-refractivity contribution < 1.29 is 9.47 Å². The van der Waals surface area contributed by atoms with Crippen LogP contribution in [-0.2, 0) is 13.0 Å². The van der Waals surface area contributed by atoms with Crippen molar-refractivity contribution in [2.24, 2.45) is 10.7 Å². The molecule has 0 spiro atoms. The second kappa shape index (κ2) is 10.0. The monoisotopic (exact) mass is 441 g/mol. The van der Waals surface area contributed by atoms with Crippen molar-refractivity contribution in [3.05, 3.63) is 53.6 Å². The highest BCUT2D eigenvalue weighted by Crippen LogP contribution is 2.31. The number of benzene rings is 2. The quantitative estimate of drug-likeness (QED) is 0.407. The van der Waals surface area contributed by atoms with Crippen LogP contribution in [0.15, 0.2) is 47.5 Å². The Labute approximate surface area is 160 Å². The number of hydrogen-bond donors (Lipinski definition) is 2. The Bertz CT molecular complexity index is 690. The summed E-state index contributed by atoms with van der Waals surface area (Å²) in [5.74, 6) is 1.73. The van der Waals surface area contributed by atoms with Gasteiger partial charge in [0.2, 0.25) is 0 Å². The molecule has 0 saturated heterocycles. The number of para-hydroxylation sites is 1. The number of rotatable bonds is 6. The number of ether oxygens (including phenoxy) is 2. The van der Waals surface area contributed by atoms with Crippen LogP contribution in [0.2, 0.25) is 0 Å². The average molecular weight is 441 g/mol. The minimum absolute atomic E-state index is 0. The van der Waals surface area contributed by atoms with Gasteiger partial charge in [-0.2, -0.15) is 0 Å². The zero-order valence-electron chi connectivity index (χ0n) is 14.2. The summed E-state index contributed by atoms with van der Waals surface area (Å²) in [5.41, 5.74) is 9.07. The number of halogens is 1. The van der Waals surface area contributed by atoms with Gasteiger partial charge in [-0.3, -0.25) is 0 Å². The van der Waals surface area contributed by atoms with Gasteiger partial charge in [0.05, 0.1) is 20.8 Å². The lowest BCUT2D eigenvalue weighted by atomic mass is 10.1. The van der Waals surface area contributed by atoms with E-state index in [4.69, 9.17) is 15.2 Å². The van der Waals surface area contributed by atoms with Crippen LogP contribution in [-0.4, -0.2) is 20.2 Å². The Morgan fingerprint density at radius 2 is 1.88 bits per heavy atom. The predicted molar refractivity (Wildman–Crippen MR) is 110 cm³/mol. The van der Waals surface area contributed by atoms with E-state index in [0.717, 1.165) is 17.7 Å². The number of nitrogens with zero attached hydrogens (tertiary/aromatic N) is 1. The third-order valence-corrected chi connectivity index (χ3v) is 3.51. The first kappa shape index (κ1) is 20.1. The van der Waals surface area contributed by atoms with Gasteiger partial charge < -0.3 is 20.5 Å². The third-order valence-electron chi connectivity index (χ3n) is 3.51. The van der Waals surface area contributed by atoms with E-state index in [1.807, 2.05) is 30.3 Å². The van der Waals surface area contributed by atoms with Gasteiger partial charge in [0.1, 0.15) is 0 Å². The van der Waals surface area contributed by atoms with Crippen molar-refractivity contribution >= 4 is 35.6 Å². The molecule has 0 saturated carbocycles. The zero-order chi connectivity index (χ0) is 16.7. The van der Waals surface area contributed by atoms with E-state index in [1.54, 1.807) is 14.2 Å². The molecule has 0 unspecified atom stereocenters. The molecular weight excluding hydrogens is 417 g/mol. The summed E-state index contributed by atoms with van der Waals surface area (Å²) in [7, 11) is 3.23. The molecule has 0 heterocycles. The van der Waals surface area contributed by atoms with Gasteiger partial charge in [-0.25, -0.2) is 4.99 Å². The third kappa shape index (κ3) is 5.30. The van der Waals surface area contributed by atoms with Crippen molar-refractivity contribution in [3.63, 3.8) is 0 Å². The summed E-state index contributed by atoms with van der Waals surface area (Å²) < 4.78 is 10.7. The second-order valence-electron chi connectivity index (χ2n) is 5.03. The van der Waals surface area contributed by atoms with Crippen LogP contribution < -0.4 is 20.5 Å². The molecule has 0 radical (unpaired) electrons. The van der Waals surface area contributed by atoms with Gasteiger partial charge in [0.25, 0.3) is 0 Å². The van der Waals surface area contributed by atoms with E-state index >= 15 is 0 Å². The number of guanidine groups is 1. The van der Waals surface area contributed by atoms with Gasteiger partial charge >= 0.3 is 0 Å². The molecule has 0 atom stereocenters. The molecule has 0 aromatic heterocycles. The normalized spacial score (nSPS) is 10.7. The maximum absolute atomic E-state index is 5.97. The Kier molecular flexibility index (Phi) is 8.39. The fraction of sp³-hybridized carbons (Fsp3) is 0.278. The molecule has 0 aliphatic rings. The molecule has 0 bridgehead atoms. The molecular formula is C18H24IN3O2. The maximum atomic E-state index is 5.97. The first-order valence-electron chi connectivity index (χ1n) is 7.53. The topological polar surface area (TPSA) is 68.9 Å². The zero-order valence-corrected chi connectivity index (χ0v) is 16.5. The van der Waals surface area contributed by atoms with E-state index in [0.29, 0.717) is 24.0 Å². The van der Waals surface area contributed by atoms with E-state index in [-0.39, 0.29) is 24.0 Å².